The van der Waals surface area contributed by atoms with E-state index in [0.717, 1.165) is 15.8 Å². The van der Waals surface area contributed by atoms with Crippen LogP contribution in [-0.2, 0) is 6.42 Å². The number of hydrogen-bond donors (Lipinski definition) is 1. The Labute approximate surface area is 168 Å². The van der Waals surface area contributed by atoms with Crippen LogP contribution in [0, 0.1) is 0 Å². The molecule has 0 fully saturated rings. The molecule has 8 heteroatoms. The SMILES string of the molecule is CCSc1ccc(Cc2nnc(NC(=O)c3cc(Br)ccc3Cl)o2)cc1. The molecule has 26 heavy (non-hydrogen) atoms. The second kappa shape index (κ2) is 8.70. The first-order chi connectivity index (χ1) is 12.5. The smallest absolute Gasteiger partial charge is 0.322 e. The van der Waals surface area contributed by atoms with E-state index in [-0.39, 0.29) is 6.01 Å². The Kier molecular flexibility index (Phi) is 6.34. The minimum atomic E-state index is -0.410. The molecule has 0 aliphatic carbocycles. The molecule has 0 saturated carbocycles. The number of amides is 1. The number of carbonyl (C=O) groups excluding carboxylic acids is 1. The van der Waals surface area contributed by atoms with Crippen molar-refractivity contribution in [3.63, 3.8) is 0 Å². The third-order valence-corrected chi connectivity index (χ3v) is 5.17. The van der Waals surface area contributed by atoms with Gasteiger partial charge < -0.3 is 4.42 Å². The van der Waals surface area contributed by atoms with Gasteiger partial charge in [-0.05, 0) is 41.6 Å². The molecule has 0 unspecified atom stereocenters. The molecule has 0 spiro atoms. The third-order valence-electron chi connectivity index (χ3n) is 3.45. The first kappa shape index (κ1) is 18.9. The number of nitrogens with zero attached hydrogens (tertiary/aromatic N) is 2. The fourth-order valence-corrected chi connectivity index (χ4v) is 3.48. The topological polar surface area (TPSA) is 68.0 Å². The quantitative estimate of drug-likeness (QED) is 0.504. The molecule has 0 aliphatic rings. The van der Waals surface area contributed by atoms with Crippen LogP contribution in [0.15, 0.2) is 56.2 Å². The van der Waals surface area contributed by atoms with Gasteiger partial charge in [-0.3, -0.25) is 10.1 Å². The summed E-state index contributed by atoms with van der Waals surface area (Å²) < 4.78 is 6.27. The van der Waals surface area contributed by atoms with E-state index in [9.17, 15) is 4.79 Å². The maximum absolute atomic E-state index is 12.3. The number of nitrogens with one attached hydrogen (secondary N) is 1. The molecule has 1 amide bonds. The lowest BCUT2D eigenvalue weighted by atomic mass is 10.1. The molecule has 1 heterocycles. The molecular weight excluding hydrogens is 438 g/mol. The molecule has 1 N–H and O–H groups in total. The summed E-state index contributed by atoms with van der Waals surface area (Å²) in [5, 5.41) is 10.8. The van der Waals surface area contributed by atoms with Crippen molar-refractivity contribution in [1.82, 2.24) is 10.2 Å². The van der Waals surface area contributed by atoms with Gasteiger partial charge in [-0.15, -0.1) is 16.9 Å². The van der Waals surface area contributed by atoms with Gasteiger partial charge in [-0.1, -0.05) is 51.7 Å². The van der Waals surface area contributed by atoms with Crippen molar-refractivity contribution in [2.24, 2.45) is 0 Å². The highest BCUT2D eigenvalue weighted by Crippen LogP contribution is 2.22. The summed E-state index contributed by atoms with van der Waals surface area (Å²) >= 11 is 11.2. The highest BCUT2D eigenvalue weighted by molar-refractivity contribution is 9.10. The largest absolute Gasteiger partial charge is 0.407 e. The predicted molar refractivity (Wildman–Crippen MR) is 107 cm³/mol. The van der Waals surface area contributed by atoms with Gasteiger partial charge in [0.2, 0.25) is 5.89 Å². The summed E-state index contributed by atoms with van der Waals surface area (Å²) in [6, 6.07) is 13.3. The van der Waals surface area contributed by atoms with Crippen LogP contribution in [0.1, 0.15) is 28.7 Å². The molecular formula is C18H15BrClN3O2S. The Balaban J connectivity index is 1.66. The van der Waals surface area contributed by atoms with Crippen molar-refractivity contribution in [1.29, 1.82) is 0 Å². The summed E-state index contributed by atoms with van der Waals surface area (Å²) in [7, 11) is 0. The zero-order chi connectivity index (χ0) is 18.5. The molecule has 0 saturated heterocycles. The molecule has 0 bridgehead atoms. The van der Waals surface area contributed by atoms with E-state index in [2.05, 4.69) is 50.5 Å². The lowest BCUT2D eigenvalue weighted by Gasteiger charge is -2.03. The van der Waals surface area contributed by atoms with Crippen molar-refractivity contribution in [3.05, 3.63) is 69.0 Å². The second-order valence-electron chi connectivity index (χ2n) is 5.33. The van der Waals surface area contributed by atoms with Gasteiger partial charge >= 0.3 is 6.01 Å². The molecule has 0 atom stereocenters. The van der Waals surface area contributed by atoms with E-state index in [1.54, 1.807) is 30.0 Å². The first-order valence-electron chi connectivity index (χ1n) is 7.85. The van der Waals surface area contributed by atoms with E-state index in [1.807, 2.05) is 12.1 Å². The summed E-state index contributed by atoms with van der Waals surface area (Å²) in [5.74, 6) is 1.05. The average Bonchev–Trinajstić information content (AvgIpc) is 3.06. The number of hydrogen-bond acceptors (Lipinski definition) is 5. The number of carbonyl (C=O) groups is 1. The fraction of sp³-hybridized carbons (Fsp3) is 0.167. The van der Waals surface area contributed by atoms with E-state index < -0.39 is 5.91 Å². The minimum absolute atomic E-state index is 0.0409. The molecule has 134 valence electrons. The number of benzene rings is 2. The molecule has 0 aliphatic heterocycles. The number of aromatic nitrogens is 2. The lowest BCUT2D eigenvalue weighted by Crippen LogP contribution is -2.12. The Morgan fingerprint density at radius 1 is 1.23 bits per heavy atom. The monoisotopic (exact) mass is 451 g/mol. The van der Waals surface area contributed by atoms with Crippen LogP contribution in [0.4, 0.5) is 6.01 Å². The highest BCUT2D eigenvalue weighted by Gasteiger charge is 2.15. The normalized spacial score (nSPS) is 10.7. The molecule has 1 aromatic heterocycles. The van der Waals surface area contributed by atoms with Crippen molar-refractivity contribution in [2.45, 2.75) is 18.2 Å². The second-order valence-corrected chi connectivity index (χ2v) is 7.99. The van der Waals surface area contributed by atoms with E-state index >= 15 is 0 Å². The van der Waals surface area contributed by atoms with Gasteiger partial charge in [0, 0.05) is 9.37 Å². The number of thioether (sulfide) groups is 1. The van der Waals surface area contributed by atoms with Crippen LogP contribution in [0.5, 0.6) is 0 Å². The summed E-state index contributed by atoms with van der Waals surface area (Å²) in [4.78, 5) is 13.5. The Hall–Kier alpha value is -1.83. The Bertz CT molecular complexity index is 915. The zero-order valence-electron chi connectivity index (χ0n) is 13.8. The third kappa shape index (κ3) is 4.87. The van der Waals surface area contributed by atoms with Gasteiger partial charge in [0.25, 0.3) is 5.91 Å². The number of anilines is 1. The van der Waals surface area contributed by atoms with E-state index in [4.69, 9.17) is 16.0 Å². The van der Waals surface area contributed by atoms with Crippen LogP contribution >= 0.6 is 39.3 Å². The highest BCUT2D eigenvalue weighted by atomic mass is 79.9. The summed E-state index contributed by atoms with van der Waals surface area (Å²) in [6.07, 6.45) is 0.498. The van der Waals surface area contributed by atoms with E-state index in [0.29, 0.717) is 22.9 Å². The number of halogens is 2. The van der Waals surface area contributed by atoms with Crippen molar-refractivity contribution in [3.8, 4) is 0 Å². The predicted octanol–water partition coefficient (Wildman–Crippen LogP) is 5.44. The summed E-state index contributed by atoms with van der Waals surface area (Å²) in [6.45, 7) is 2.12. The van der Waals surface area contributed by atoms with Gasteiger partial charge in [-0.2, -0.15) is 0 Å². The molecule has 3 aromatic rings. The van der Waals surface area contributed by atoms with Crippen LogP contribution in [0.2, 0.25) is 5.02 Å². The van der Waals surface area contributed by atoms with Crippen LogP contribution in [-0.4, -0.2) is 21.9 Å². The Morgan fingerprint density at radius 2 is 2.00 bits per heavy atom. The Morgan fingerprint density at radius 3 is 2.73 bits per heavy atom. The summed E-state index contributed by atoms with van der Waals surface area (Å²) in [5.41, 5.74) is 1.38. The fourth-order valence-electron chi connectivity index (χ4n) is 2.26. The molecule has 2 aromatic carbocycles. The molecule has 0 radical (unpaired) electrons. The number of rotatable bonds is 6. The zero-order valence-corrected chi connectivity index (χ0v) is 17.0. The van der Waals surface area contributed by atoms with Gasteiger partial charge in [0.05, 0.1) is 17.0 Å². The maximum atomic E-state index is 12.3. The van der Waals surface area contributed by atoms with Gasteiger partial charge in [0.15, 0.2) is 0 Å². The van der Waals surface area contributed by atoms with Crippen molar-refractivity contribution >= 4 is 51.2 Å². The van der Waals surface area contributed by atoms with E-state index in [1.165, 1.54) is 4.90 Å². The van der Waals surface area contributed by atoms with Crippen LogP contribution in [0.3, 0.4) is 0 Å². The lowest BCUT2D eigenvalue weighted by molar-refractivity contribution is 0.102. The van der Waals surface area contributed by atoms with Crippen LogP contribution in [0.25, 0.3) is 0 Å². The minimum Gasteiger partial charge on any atom is -0.407 e. The van der Waals surface area contributed by atoms with Gasteiger partial charge in [0.1, 0.15) is 0 Å². The van der Waals surface area contributed by atoms with Crippen LogP contribution < -0.4 is 5.32 Å². The standard InChI is InChI=1S/C18H15BrClN3O2S/c1-2-26-13-6-3-11(4-7-13)9-16-22-23-18(25-16)21-17(24)14-10-12(19)5-8-15(14)20/h3-8,10H,2,9H2,1H3,(H,21,23,24). The first-order valence-corrected chi connectivity index (χ1v) is 10.0. The molecule has 3 rings (SSSR count). The average molecular weight is 453 g/mol. The van der Waals surface area contributed by atoms with Crippen molar-refractivity contribution < 1.29 is 9.21 Å². The van der Waals surface area contributed by atoms with Crippen molar-refractivity contribution in [2.75, 3.05) is 11.1 Å². The van der Waals surface area contributed by atoms with Gasteiger partial charge in [-0.25, -0.2) is 0 Å². The molecule has 5 nitrogen and oxygen atoms in total. The maximum Gasteiger partial charge on any atom is 0.322 e.